The predicted octanol–water partition coefficient (Wildman–Crippen LogP) is -0.918. The summed E-state index contributed by atoms with van der Waals surface area (Å²) in [6.45, 7) is -0.444. The standard InChI is InChI=1S/C16H17N7O7S2/c1-22-15(19-20-21-22)32-7-8-6-31-14-16(28-2,13(27)23(14)11(8)12(25)26)18-9(24)5-29-10-3-4-17-30-10/h3-4,14H,5-7H2,1-2H3,(H,18,24)(H,25,26)/t14-,16-/m0/s1. The van der Waals surface area contributed by atoms with Gasteiger partial charge in [0.15, 0.2) is 6.61 Å². The van der Waals surface area contributed by atoms with Crippen molar-refractivity contribution in [1.29, 1.82) is 0 Å². The van der Waals surface area contributed by atoms with E-state index in [1.54, 1.807) is 7.05 Å². The molecule has 0 aromatic carbocycles. The molecule has 2 aliphatic rings. The Morgan fingerprint density at radius 1 is 1.50 bits per heavy atom. The first kappa shape index (κ1) is 22.1. The van der Waals surface area contributed by atoms with Crippen molar-refractivity contribution >= 4 is 41.3 Å². The Balaban J connectivity index is 1.49. The van der Waals surface area contributed by atoms with Crippen LogP contribution in [0.2, 0.25) is 0 Å². The summed E-state index contributed by atoms with van der Waals surface area (Å²) < 4.78 is 16.7. The molecule has 16 heteroatoms. The molecule has 2 atom stereocenters. The van der Waals surface area contributed by atoms with Gasteiger partial charge in [0.1, 0.15) is 11.1 Å². The highest BCUT2D eigenvalue weighted by Crippen LogP contribution is 2.47. The van der Waals surface area contributed by atoms with Crippen LogP contribution in [0.1, 0.15) is 0 Å². The van der Waals surface area contributed by atoms with Gasteiger partial charge >= 0.3 is 11.9 Å². The normalized spacial score (nSPS) is 22.4. The highest BCUT2D eigenvalue weighted by Gasteiger charge is 2.66. The lowest BCUT2D eigenvalue weighted by atomic mass is 9.98. The van der Waals surface area contributed by atoms with Crippen LogP contribution in [0, 0.1) is 0 Å². The van der Waals surface area contributed by atoms with E-state index in [1.165, 1.54) is 47.6 Å². The van der Waals surface area contributed by atoms with Crippen LogP contribution in [0.5, 0.6) is 5.95 Å². The summed E-state index contributed by atoms with van der Waals surface area (Å²) in [6.07, 6.45) is 1.35. The number of β-lactam (4-membered cyclic amide) rings is 1. The third-order valence-corrected chi connectivity index (χ3v) is 7.15. The molecule has 4 rings (SSSR count). The van der Waals surface area contributed by atoms with Gasteiger partial charge in [-0.05, 0) is 16.0 Å². The van der Waals surface area contributed by atoms with Gasteiger partial charge in [0, 0.05) is 31.7 Å². The Kier molecular flexibility index (Phi) is 6.07. The molecular formula is C16H17N7O7S2. The second kappa shape index (κ2) is 8.79. The van der Waals surface area contributed by atoms with Crippen LogP contribution < -0.4 is 10.1 Å². The number of hydrogen-bond donors (Lipinski definition) is 2. The number of carbonyl (C=O) groups is 3. The molecule has 14 nitrogen and oxygen atoms in total. The van der Waals surface area contributed by atoms with Gasteiger partial charge in [-0.25, -0.2) is 9.48 Å². The molecule has 0 bridgehead atoms. The number of rotatable bonds is 9. The molecule has 4 heterocycles. The molecule has 2 N–H and O–H groups in total. The largest absolute Gasteiger partial charge is 0.477 e. The van der Waals surface area contributed by atoms with Crippen LogP contribution in [0.3, 0.4) is 0 Å². The second-order valence-corrected chi connectivity index (χ2v) is 8.59. The molecule has 2 amide bonds. The van der Waals surface area contributed by atoms with E-state index in [2.05, 4.69) is 26.0 Å². The lowest BCUT2D eigenvalue weighted by Gasteiger charge is -2.55. The molecule has 170 valence electrons. The van der Waals surface area contributed by atoms with E-state index in [-0.39, 0.29) is 17.4 Å². The van der Waals surface area contributed by atoms with E-state index in [0.29, 0.717) is 16.5 Å². The fourth-order valence-electron chi connectivity index (χ4n) is 3.21. The number of carbonyl (C=O) groups excluding carboxylic acids is 2. The summed E-state index contributed by atoms with van der Waals surface area (Å²) in [6, 6.07) is 1.42. The zero-order valence-electron chi connectivity index (χ0n) is 16.7. The molecule has 2 aromatic rings. The summed E-state index contributed by atoms with van der Waals surface area (Å²) in [5, 5.41) is 26.6. The van der Waals surface area contributed by atoms with Crippen molar-refractivity contribution < 1.29 is 33.5 Å². The first-order chi connectivity index (χ1) is 15.4. The second-order valence-electron chi connectivity index (χ2n) is 6.58. The van der Waals surface area contributed by atoms with Gasteiger partial charge in [0.05, 0.1) is 6.20 Å². The van der Waals surface area contributed by atoms with E-state index in [1.807, 2.05) is 0 Å². The molecular weight excluding hydrogens is 466 g/mol. The number of tetrazole rings is 1. The number of fused-ring (bicyclic) bond motifs is 1. The lowest BCUT2D eigenvalue weighted by Crippen LogP contribution is -2.81. The average Bonchev–Trinajstić information content (AvgIpc) is 3.45. The third-order valence-electron chi connectivity index (χ3n) is 4.68. The molecule has 2 aromatic heterocycles. The number of methoxy groups -OCH3 is 1. The number of ether oxygens (including phenoxy) is 2. The summed E-state index contributed by atoms with van der Waals surface area (Å²) in [5.74, 6) is -1.96. The number of thioether (sulfide) groups is 2. The van der Waals surface area contributed by atoms with E-state index < -0.39 is 35.5 Å². The third kappa shape index (κ3) is 3.80. The summed E-state index contributed by atoms with van der Waals surface area (Å²) in [5.41, 5.74) is -1.31. The van der Waals surface area contributed by atoms with Crippen LogP contribution in [-0.2, 0) is 26.2 Å². The van der Waals surface area contributed by atoms with Crippen molar-refractivity contribution in [2.24, 2.45) is 7.05 Å². The molecule has 0 radical (unpaired) electrons. The topological polar surface area (TPSA) is 175 Å². The first-order valence-electron chi connectivity index (χ1n) is 9.02. The van der Waals surface area contributed by atoms with E-state index >= 15 is 0 Å². The monoisotopic (exact) mass is 483 g/mol. The van der Waals surface area contributed by atoms with Gasteiger partial charge in [0.2, 0.25) is 5.16 Å². The highest BCUT2D eigenvalue weighted by molar-refractivity contribution is 8.01. The van der Waals surface area contributed by atoms with Crippen molar-refractivity contribution in [2.75, 3.05) is 25.2 Å². The number of carboxylic acid groups (broad SMARTS) is 1. The van der Waals surface area contributed by atoms with Gasteiger partial charge in [-0.1, -0.05) is 16.9 Å². The van der Waals surface area contributed by atoms with Crippen LogP contribution in [0.25, 0.3) is 0 Å². The Hall–Kier alpha value is -3.11. The maximum absolute atomic E-state index is 13.0. The van der Waals surface area contributed by atoms with Crippen molar-refractivity contribution in [3.8, 4) is 5.95 Å². The quantitative estimate of drug-likeness (QED) is 0.255. The molecule has 0 spiro atoms. The molecule has 32 heavy (non-hydrogen) atoms. The Labute approximate surface area is 188 Å². The number of amides is 2. The summed E-state index contributed by atoms with van der Waals surface area (Å²) >= 11 is 2.53. The molecule has 1 fully saturated rings. The lowest BCUT2D eigenvalue weighted by molar-refractivity contribution is -0.192. The minimum absolute atomic E-state index is 0.0385. The number of nitrogens with one attached hydrogen (secondary N) is 1. The smallest absolute Gasteiger partial charge is 0.352 e. The molecule has 1 saturated heterocycles. The van der Waals surface area contributed by atoms with E-state index in [0.717, 1.165) is 4.90 Å². The molecule has 0 unspecified atom stereocenters. The van der Waals surface area contributed by atoms with Gasteiger partial charge < -0.3 is 24.4 Å². The van der Waals surface area contributed by atoms with E-state index in [4.69, 9.17) is 14.0 Å². The van der Waals surface area contributed by atoms with Crippen molar-refractivity contribution in [3.05, 3.63) is 23.5 Å². The van der Waals surface area contributed by atoms with Crippen LogP contribution in [0.15, 0.2) is 33.2 Å². The SMILES string of the molecule is CO[C@@]1(NC(=O)COc2ccno2)C(=O)N2C(C(=O)O)=C(CSc3nnnn3C)CS[C@H]21. The van der Waals surface area contributed by atoms with Crippen molar-refractivity contribution in [3.63, 3.8) is 0 Å². The predicted molar refractivity (Wildman–Crippen MR) is 107 cm³/mol. The fraction of sp³-hybridized carbons (Fsp3) is 0.438. The minimum Gasteiger partial charge on any atom is -0.477 e. The van der Waals surface area contributed by atoms with E-state index in [9.17, 15) is 19.5 Å². The number of aliphatic carboxylic acids is 1. The number of hydrogen-bond acceptors (Lipinski definition) is 12. The number of carboxylic acids is 1. The number of aromatic nitrogens is 5. The zero-order chi connectivity index (χ0) is 22.9. The van der Waals surface area contributed by atoms with Crippen molar-refractivity contribution in [1.82, 2.24) is 35.6 Å². The Morgan fingerprint density at radius 2 is 2.31 bits per heavy atom. The van der Waals surface area contributed by atoms with Gasteiger partial charge in [-0.2, -0.15) is 0 Å². The maximum Gasteiger partial charge on any atom is 0.352 e. The average molecular weight is 483 g/mol. The van der Waals surface area contributed by atoms with Crippen molar-refractivity contribution in [2.45, 2.75) is 16.3 Å². The minimum atomic E-state index is -1.71. The number of aryl methyl sites for hydroxylation is 1. The molecule has 0 saturated carbocycles. The van der Waals surface area contributed by atoms with Gasteiger partial charge in [0.25, 0.3) is 17.5 Å². The molecule has 0 aliphatic carbocycles. The van der Waals surface area contributed by atoms with Gasteiger partial charge in [-0.15, -0.1) is 16.9 Å². The van der Waals surface area contributed by atoms with Crippen LogP contribution in [0.4, 0.5) is 0 Å². The fourth-order valence-corrected chi connectivity index (χ4v) is 5.64. The van der Waals surface area contributed by atoms with Crippen LogP contribution in [-0.4, -0.2) is 89.5 Å². The summed E-state index contributed by atoms with van der Waals surface area (Å²) in [4.78, 5) is 38.5. The summed E-state index contributed by atoms with van der Waals surface area (Å²) in [7, 11) is 2.94. The molecule has 2 aliphatic heterocycles. The zero-order valence-corrected chi connectivity index (χ0v) is 18.4. The maximum atomic E-state index is 13.0. The first-order valence-corrected chi connectivity index (χ1v) is 11.1. The Morgan fingerprint density at radius 3 is 2.94 bits per heavy atom. The highest BCUT2D eigenvalue weighted by atomic mass is 32.2. The van der Waals surface area contributed by atoms with Crippen LogP contribution >= 0.6 is 23.5 Å². The van der Waals surface area contributed by atoms with Gasteiger partial charge in [-0.3, -0.25) is 14.5 Å². The Bertz CT molecular complexity index is 1070. The number of nitrogens with zero attached hydrogens (tertiary/aromatic N) is 6.